The molecule has 0 bridgehead atoms. The van der Waals surface area contributed by atoms with Crippen molar-refractivity contribution in [1.29, 1.82) is 0 Å². The van der Waals surface area contributed by atoms with Crippen molar-refractivity contribution in [3.8, 4) is 5.75 Å². The number of fused-ring (bicyclic) bond motifs is 5. The number of carbonyl (C=O) groups is 1. The highest BCUT2D eigenvalue weighted by atomic mass is 16.5. The van der Waals surface area contributed by atoms with Crippen LogP contribution < -0.4 is 4.74 Å². The molecule has 3 nitrogen and oxygen atoms in total. The van der Waals surface area contributed by atoms with Gasteiger partial charge in [-0.1, -0.05) is 13.0 Å². The van der Waals surface area contributed by atoms with Crippen molar-refractivity contribution in [3.63, 3.8) is 0 Å². The molecule has 0 spiro atoms. The van der Waals surface area contributed by atoms with Gasteiger partial charge in [-0.15, -0.1) is 0 Å². The maximum atomic E-state index is 12.4. The monoisotopic (exact) mass is 300 g/mol. The van der Waals surface area contributed by atoms with Crippen LogP contribution in [-0.2, 0) is 16.0 Å². The van der Waals surface area contributed by atoms with Crippen LogP contribution in [0.1, 0.15) is 43.2 Å². The summed E-state index contributed by atoms with van der Waals surface area (Å²) in [4.78, 5) is 12.4. The lowest BCUT2D eigenvalue weighted by atomic mass is 9.53. The van der Waals surface area contributed by atoms with Crippen LogP contribution >= 0.6 is 0 Å². The van der Waals surface area contributed by atoms with E-state index < -0.39 is 0 Å². The summed E-state index contributed by atoms with van der Waals surface area (Å²) in [6, 6.07) is 6.53. The average molecular weight is 300 g/mol. The van der Waals surface area contributed by atoms with Crippen LogP contribution in [0.3, 0.4) is 0 Å². The molecule has 0 aromatic heterocycles. The average Bonchev–Trinajstić information content (AvgIpc) is 2.55. The third-order valence-corrected chi connectivity index (χ3v) is 6.49. The topological polar surface area (TPSA) is 35.5 Å². The van der Waals surface area contributed by atoms with Gasteiger partial charge in [-0.2, -0.15) is 0 Å². The highest BCUT2D eigenvalue weighted by Gasteiger charge is 2.53. The van der Waals surface area contributed by atoms with E-state index in [-0.39, 0.29) is 5.41 Å². The molecule has 1 aromatic carbocycles. The van der Waals surface area contributed by atoms with E-state index in [4.69, 9.17) is 9.47 Å². The van der Waals surface area contributed by atoms with Gasteiger partial charge in [0.1, 0.15) is 12.4 Å². The summed E-state index contributed by atoms with van der Waals surface area (Å²) in [6.07, 6.45) is 4.39. The Kier molecular flexibility index (Phi) is 3.30. The summed E-state index contributed by atoms with van der Waals surface area (Å²) in [5, 5.41) is 0. The molecular weight excluding hydrogens is 276 g/mol. The minimum absolute atomic E-state index is 0.149. The second kappa shape index (κ2) is 5.09. The number of hydrogen-bond donors (Lipinski definition) is 0. The smallest absolute Gasteiger partial charge is 0.164 e. The zero-order chi connectivity index (χ0) is 15.3. The molecular formula is C19H24O3. The second-order valence-corrected chi connectivity index (χ2v) is 7.37. The fourth-order valence-electron chi connectivity index (χ4n) is 5.10. The van der Waals surface area contributed by atoms with Crippen LogP contribution in [0.5, 0.6) is 5.75 Å². The largest absolute Gasteiger partial charge is 0.497 e. The third-order valence-electron chi connectivity index (χ3n) is 6.49. The summed E-state index contributed by atoms with van der Waals surface area (Å²) in [5.74, 6) is 2.84. The van der Waals surface area contributed by atoms with Gasteiger partial charge in [-0.25, -0.2) is 0 Å². The maximum absolute atomic E-state index is 12.4. The van der Waals surface area contributed by atoms with Gasteiger partial charge in [0.15, 0.2) is 5.78 Å². The van der Waals surface area contributed by atoms with Gasteiger partial charge in [-0.05, 0) is 66.7 Å². The molecule has 0 amide bonds. The summed E-state index contributed by atoms with van der Waals surface area (Å²) < 4.78 is 11.0. The van der Waals surface area contributed by atoms with E-state index in [2.05, 4.69) is 25.1 Å². The van der Waals surface area contributed by atoms with E-state index in [0.717, 1.165) is 31.6 Å². The van der Waals surface area contributed by atoms with Gasteiger partial charge in [0.25, 0.3) is 0 Å². The van der Waals surface area contributed by atoms with Crippen molar-refractivity contribution in [1.82, 2.24) is 0 Å². The first kappa shape index (κ1) is 14.3. The summed E-state index contributed by atoms with van der Waals surface area (Å²) in [6.45, 7) is 3.26. The van der Waals surface area contributed by atoms with Crippen LogP contribution in [-0.4, -0.2) is 26.1 Å². The number of ether oxygens (including phenoxy) is 2. The predicted molar refractivity (Wildman–Crippen MR) is 84.2 cm³/mol. The van der Waals surface area contributed by atoms with Crippen molar-refractivity contribution in [3.05, 3.63) is 29.3 Å². The molecule has 4 atom stereocenters. The van der Waals surface area contributed by atoms with Crippen molar-refractivity contribution < 1.29 is 14.3 Å². The minimum atomic E-state index is -0.149. The highest BCUT2D eigenvalue weighted by Crippen LogP contribution is 2.56. The number of hydrogen-bond acceptors (Lipinski definition) is 3. The predicted octanol–water partition coefficient (Wildman–Crippen LogP) is 3.36. The molecule has 3 heteroatoms. The van der Waals surface area contributed by atoms with E-state index in [1.807, 2.05) is 0 Å². The first-order valence-corrected chi connectivity index (χ1v) is 8.41. The van der Waals surface area contributed by atoms with Gasteiger partial charge in [-0.3, -0.25) is 4.79 Å². The number of benzene rings is 1. The van der Waals surface area contributed by atoms with Crippen LogP contribution in [0.25, 0.3) is 0 Å². The van der Waals surface area contributed by atoms with Crippen LogP contribution in [0, 0.1) is 17.3 Å². The molecule has 1 saturated carbocycles. The highest BCUT2D eigenvalue weighted by molar-refractivity contribution is 5.86. The summed E-state index contributed by atoms with van der Waals surface area (Å²) in [5.41, 5.74) is 2.77. The molecule has 118 valence electrons. The number of methoxy groups -OCH3 is 1. The molecule has 1 aromatic rings. The standard InChI is InChI=1S/C19H24O3/c1-19-8-7-15-14-6-4-13(21-2)9-12(14)3-5-16(15)17(19)10-22-11-18(19)20/h4,6,9,15-17H,3,5,7-8,10-11H2,1-2H3/t15-,16+,17+,19+/m1/s1. The summed E-state index contributed by atoms with van der Waals surface area (Å²) in [7, 11) is 1.73. The third kappa shape index (κ3) is 1.95. The first-order chi connectivity index (χ1) is 10.6. The molecule has 1 saturated heterocycles. The molecule has 0 N–H and O–H groups in total. The molecule has 1 heterocycles. The fourth-order valence-corrected chi connectivity index (χ4v) is 5.10. The van der Waals surface area contributed by atoms with E-state index in [1.165, 1.54) is 17.5 Å². The Hall–Kier alpha value is -1.35. The zero-order valence-electron chi connectivity index (χ0n) is 13.4. The van der Waals surface area contributed by atoms with Gasteiger partial charge >= 0.3 is 0 Å². The van der Waals surface area contributed by atoms with Crippen molar-refractivity contribution >= 4 is 5.78 Å². The van der Waals surface area contributed by atoms with Crippen molar-refractivity contribution in [2.45, 2.75) is 38.5 Å². The number of ketones is 1. The van der Waals surface area contributed by atoms with E-state index in [9.17, 15) is 4.79 Å². The molecule has 3 aliphatic rings. The van der Waals surface area contributed by atoms with E-state index in [1.54, 1.807) is 7.11 Å². The minimum Gasteiger partial charge on any atom is -0.497 e. The molecule has 0 radical (unpaired) electrons. The SMILES string of the molecule is COc1ccc2c(c1)CC[C@H]1[C@@H]2CC[C@]2(C)C(=O)COC[C@@H]12. The fraction of sp³-hybridized carbons (Fsp3) is 0.632. The number of aryl methyl sites for hydroxylation is 1. The Labute approximate surface area is 132 Å². The quantitative estimate of drug-likeness (QED) is 0.798. The molecule has 1 aliphatic heterocycles. The number of Topliss-reactive ketones (excluding diaryl/α,β-unsaturated/α-hetero) is 1. The Morgan fingerprint density at radius 3 is 3.00 bits per heavy atom. The lowest BCUT2D eigenvalue weighted by Crippen LogP contribution is -2.53. The second-order valence-electron chi connectivity index (χ2n) is 7.37. The summed E-state index contributed by atoms with van der Waals surface area (Å²) >= 11 is 0. The van der Waals surface area contributed by atoms with Gasteiger partial charge in [0.2, 0.25) is 0 Å². The lowest BCUT2D eigenvalue weighted by molar-refractivity contribution is -0.156. The molecule has 22 heavy (non-hydrogen) atoms. The maximum Gasteiger partial charge on any atom is 0.164 e. The lowest BCUT2D eigenvalue weighted by Gasteiger charge is -2.52. The first-order valence-electron chi connectivity index (χ1n) is 8.41. The van der Waals surface area contributed by atoms with Gasteiger partial charge < -0.3 is 9.47 Å². The Morgan fingerprint density at radius 1 is 1.32 bits per heavy atom. The molecule has 4 rings (SSSR count). The Morgan fingerprint density at radius 2 is 2.18 bits per heavy atom. The van der Waals surface area contributed by atoms with Gasteiger partial charge in [0.05, 0.1) is 13.7 Å². The molecule has 0 unspecified atom stereocenters. The Bertz CT molecular complexity index is 609. The van der Waals surface area contributed by atoms with Crippen LogP contribution in [0.2, 0.25) is 0 Å². The molecule has 2 aliphatic carbocycles. The van der Waals surface area contributed by atoms with Crippen LogP contribution in [0.15, 0.2) is 18.2 Å². The van der Waals surface area contributed by atoms with Crippen LogP contribution in [0.4, 0.5) is 0 Å². The normalized spacial score (nSPS) is 37.0. The molecule has 2 fully saturated rings. The Balaban J connectivity index is 1.69. The number of rotatable bonds is 1. The number of carbonyl (C=O) groups excluding carboxylic acids is 1. The zero-order valence-corrected chi connectivity index (χ0v) is 13.4. The van der Waals surface area contributed by atoms with Crippen molar-refractivity contribution in [2.75, 3.05) is 20.3 Å². The van der Waals surface area contributed by atoms with E-state index in [0.29, 0.717) is 30.1 Å². The van der Waals surface area contributed by atoms with Crippen molar-refractivity contribution in [2.24, 2.45) is 17.3 Å². The van der Waals surface area contributed by atoms with E-state index >= 15 is 0 Å². The van der Waals surface area contributed by atoms with Gasteiger partial charge in [0, 0.05) is 5.41 Å².